The average molecular weight is 325 g/mol. The lowest BCUT2D eigenvalue weighted by molar-refractivity contribution is 0.0525. The third-order valence-corrected chi connectivity index (χ3v) is 3.98. The van der Waals surface area contributed by atoms with Gasteiger partial charge in [0.1, 0.15) is 0 Å². The molecular formula is C21H27NO2. The molecule has 128 valence electrons. The van der Waals surface area contributed by atoms with Crippen LogP contribution in [0.3, 0.4) is 0 Å². The first-order chi connectivity index (χ1) is 11.8. The van der Waals surface area contributed by atoms with Crippen LogP contribution in [-0.4, -0.2) is 19.1 Å². The van der Waals surface area contributed by atoms with E-state index in [0.29, 0.717) is 18.7 Å². The van der Waals surface area contributed by atoms with Crippen LogP contribution in [0.4, 0.5) is 0 Å². The summed E-state index contributed by atoms with van der Waals surface area (Å²) in [6.07, 6.45) is 3.59. The van der Waals surface area contributed by atoms with E-state index in [9.17, 15) is 4.79 Å². The smallest absolute Gasteiger partial charge is 0.338 e. The van der Waals surface area contributed by atoms with Crippen molar-refractivity contribution in [1.29, 1.82) is 0 Å². The molecule has 0 aliphatic rings. The van der Waals surface area contributed by atoms with E-state index >= 15 is 0 Å². The number of benzene rings is 2. The van der Waals surface area contributed by atoms with Crippen LogP contribution in [0.5, 0.6) is 0 Å². The van der Waals surface area contributed by atoms with Crippen LogP contribution in [0, 0.1) is 0 Å². The molecule has 0 fully saturated rings. The molecule has 0 bridgehead atoms. The van der Waals surface area contributed by atoms with E-state index in [0.717, 1.165) is 29.7 Å². The van der Waals surface area contributed by atoms with Gasteiger partial charge in [-0.15, -0.1) is 0 Å². The summed E-state index contributed by atoms with van der Waals surface area (Å²) in [5, 5.41) is 3.44. The molecule has 0 saturated heterocycles. The van der Waals surface area contributed by atoms with E-state index in [2.05, 4.69) is 30.4 Å². The maximum Gasteiger partial charge on any atom is 0.338 e. The quantitative estimate of drug-likeness (QED) is 0.531. The van der Waals surface area contributed by atoms with Gasteiger partial charge in [-0.25, -0.2) is 4.79 Å². The van der Waals surface area contributed by atoms with E-state index in [-0.39, 0.29) is 5.97 Å². The van der Waals surface area contributed by atoms with Crippen molar-refractivity contribution in [2.24, 2.45) is 0 Å². The number of carbonyl (C=O) groups excluding carboxylic acids is 1. The van der Waals surface area contributed by atoms with Gasteiger partial charge >= 0.3 is 5.97 Å². The number of hydrogen-bond donors (Lipinski definition) is 1. The van der Waals surface area contributed by atoms with E-state index in [1.54, 1.807) is 0 Å². The number of carbonyl (C=O) groups is 1. The zero-order valence-electron chi connectivity index (χ0n) is 14.7. The predicted octanol–water partition coefficient (Wildman–Crippen LogP) is 4.81. The fraction of sp³-hybridized carbons (Fsp3) is 0.381. The summed E-state index contributed by atoms with van der Waals surface area (Å²) in [6.45, 7) is 6.06. The predicted molar refractivity (Wildman–Crippen MR) is 99.1 cm³/mol. The van der Waals surface area contributed by atoms with Gasteiger partial charge in [-0.1, -0.05) is 56.2 Å². The van der Waals surface area contributed by atoms with Crippen molar-refractivity contribution >= 4 is 5.97 Å². The summed E-state index contributed by atoms with van der Waals surface area (Å²) in [5.74, 6) is -0.248. The van der Waals surface area contributed by atoms with Gasteiger partial charge in [0.25, 0.3) is 0 Å². The third-order valence-electron chi connectivity index (χ3n) is 3.98. The lowest BCUT2D eigenvalue weighted by atomic mass is 9.99. The Morgan fingerprint density at radius 2 is 1.79 bits per heavy atom. The average Bonchev–Trinajstić information content (AvgIpc) is 2.62. The molecule has 0 saturated carbocycles. The Labute approximate surface area is 145 Å². The molecule has 2 aromatic rings. The van der Waals surface area contributed by atoms with Gasteiger partial charge in [-0.3, -0.25) is 0 Å². The van der Waals surface area contributed by atoms with Gasteiger partial charge in [-0.05, 0) is 48.7 Å². The van der Waals surface area contributed by atoms with Gasteiger partial charge in [0, 0.05) is 6.54 Å². The Balaban J connectivity index is 2.19. The van der Waals surface area contributed by atoms with E-state index in [1.165, 1.54) is 12.8 Å². The minimum atomic E-state index is -0.248. The monoisotopic (exact) mass is 325 g/mol. The summed E-state index contributed by atoms with van der Waals surface area (Å²) in [4.78, 5) is 12.2. The molecule has 0 unspecified atom stereocenters. The Kier molecular flexibility index (Phi) is 7.50. The van der Waals surface area contributed by atoms with Crippen molar-refractivity contribution in [3.8, 4) is 11.1 Å². The highest BCUT2D eigenvalue weighted by atomic mass is 16.5. The first-order valence-electron chi connectivity index (χ1n) is 8.82. The molecule has 24 heavy (non-hydrogen) atoms. The number of esters is 1. The van der Waals surface area contributed by atoms with Crippen LogP contribution < -0.4 is 5.32 Å². The standard InChI is InChI=1S/C21H27NO2/c1-3-5-9-14-22-16-19-15-18(17-10-7-6-8-11-17)12-13-20(19)21(23)24-4-2/h6-8,10-13,15,22H,3-5,9,14,16H2,1-2H3. The minimum Gasteiger partial charge on any atom is -0.462 e. The molecular weight excluding hydrogens is 298 g/mol. The molecule has 2 rings (SSSR count). The van der Waals surface area contributed by atoms with Gasteiger partial charge in [-0.2, -0.15) is 0 Å². The molecule has 2 aromatic carbocycles. The van der Waals surface area contributed by atoms with Gasteiger partial charge in [0.15, 0.2) is 0 Å². The van der Waals surface area contributed by atoms with Gasteiger partial charge in [0.2, 0.25) is 0 Å². The zero-order chi connectivity index (χ0) is 17.2. The Bertz CT molecular complexity index is 638. The normalized spacial score (nSPS) is 10.6. The summed E-state index contributed by atoms with van der Waals surface area (Å²) < 4.78 is 5.19. The first-order valence-corrected chi connectivity index (χ1v) is 8.82. The largest absolute Gasteiger partial charge is 0.462 e. The van der Waals surface area contributed by atoms with Crippen molar-refractivity contribution in [1.82, 2.24) is 5.32 Å². The zero-order valence-corrected chi connectivity index (χ0v) is 14.7. The maximum atomic E-state index is 12.2. The van der Waals surface area contributed by atoms with Crippen molar-refractivity contribution in [3.63, 3.8) is 0 Å². The fourth-order valence-corrected chi connectivity index (χ4v) is 2.68. The van der Waals surface area contributed by atoms with Crippen molar-refractivity contribution in [3.05, 3.63) is 59.7 Å². The van der Waals surface area contributed by atoms with Crippen LogP contribution >= 0.6 is 0 Å². The molecule has 0 radical (unpaired) electrons. The Morgan fingerprint density at radius 3 is 2.50 bits per heavy atom. The molecule has 3 heteroatoms. The maximum absolute atomic E-state index is 12.2. The van der Waals surface area contributed by atoms with Gasteiger partial charge < -0.3 is 10.1 Å². The van der Waals surface area contributed by atoms with E-state index in [4.69, 9.17) is 4.74 Å². The molecule has 1 N–H and O–H groups in total. The van der Waals surface area contributed by atoms with Crippen molar-refractivity contribution in [2.75, 3.05) is 13.2 Å². The molecule has 0 aromatic heterocycles. The Hall–Kier alpha value is -2.13. The van der Waals surface area contributed by atoms with Crippen molar-refractivity contribution in [2.45, 2.75) is 39.7 Å². The van der Waals surface area contributed by atoms with Crippen LogP contribution in [0.1, 0.15) is 49.0 Å². The number of unbranched alkanes of at least 4 members (excludes halogenated alkanes) is 2. The highest BCUT2D eigenvalue weighted by molar-refractivity contribution is 5.92. The molecule has 3 nitrogen and oxygen atoms in total. The highest BCUT2D eigenvalue weighted by Gasteiger charge is 2.13. The van der Waals surface area contributed by atoms with E-state index in [1.807, 2.05) is 37.3 Å². The SMILES string of the molecule is CCCCCNCc1cc(-c2ccccc2)ccc1C(=O)OCC. The van der Waals surface area contributed by atoms with Gasteiger partial charge in [0.05, 0.1) is 12.2 Å². The first kappa shape index (κ1) is 18.2. The lowest BCUT2D eigenvalue weighted by Crippen LogP contribution is -2.18. The number of rotatable bonds is 9. The number of ether oxygens (including phenoxy) is 1. The van der Waals surface area contributed by atoms with E-state index < -0.39 is 0 Å². The topological polar surface area (TPSA) is 38.3 Å². The molecule has 0 aliphatic carbocycles. The van der Waals surface area contributed by atoms with Crippen LogP contribution in [0.2, 0.25) is 0 Å². The fourth-order valence-electron chi connectivity index (χ4n) is 2.68. The second-order valence-corrected chi connectivity index (χ2v) is 5.84. The molecule has 0 aliphatic heterocycles. The van der Waals surface area contributed by atoms with Crippen LogP contribution in [-0.2, 0) is 11.3 Å². The second kappa shape index (κ2) is 9.89. The molecule has 0 atom stereocenters. The van der Waals surface area contributed by atoms with Crippen molar-refractivity contribution < 1.29 is 9.53 Å². The second-order valence-electron chi connectivity index (χ2n) is 5.84. The number of hydrogen-bond acceptors (Lipinski definition) is 3. The molecule has 0 amide bonds. The minimum absolute atomic E-state index is 0.248. The summed E-state index contributed by atoms with van der Waals surface area (Å²) in [6, 6.07) is 16.2. The summed E-state index contributed by atoms with van der Waals surface area (Å²) >= 11 is 0. The Morgan fingerprint density at radius 1 is 1.00 bits per heavy atom. The molecule has 0 spiro atoms. The molecule has 0 heterocycles. The summed E-state index contributed by atoms with van der Waals surface area (Å²) in [7, 11) is 0. The summed E-state index contributed by atoms with van der Waals surface area (Å²) in [5.41, 5.74) is 3.92. The highest BCUT2D eigenvalue weighted by Crippen LogP contribution is 2.23. The lowest BCUT2D eigenvalue weighted by Gasteiger charge is -2.12. The van der Waals surface area contributed by atoms with Crippen LogP contribution in [0.15, 0.2) is 48.5 Å². The third kappa shape index (κ3) is 5.20. The number of nitrogens with one attached hydrogen (secondary N) is 1. The van der Waals surface area contributed by atoms with Crippen LogP contribution in [0.25, 0.3) is 11.1 Å².